The lowest BCUT2D eigenvalue weighted by Crippen LogP contribution is -2.22. The number of rotatable bonds is 4. The average molecular weight is 289 g/mol. The van der Waals surface area contributed by atoms with Crippen molar-refractivity contribution in [3.05, 3.63) is 24.0 Å². The Bertz CT molecular complexity index is 590. The van der Waals surface area contributed by atoms with Crippen LogP contribution < -0.4 is 15.9 Å². The molecule has 1 aromatic carbocycles. The van der Waals surface area contributed by atoms with Gasteiger partial charge in [0.2, 0.25) is 5.71 Å². The lowest BCUT2D eigenvalue weighted by molar-refractivity contribution is -0.274. The molecule has 0 saturated heterocycles. The molecule has 1 rings (SSSR count). The molecule has 6 nitrogen and oxygen atoms in total. The number of nitrogens with zero attached hydrogens (tertiary/aromatic N) is 2. The van der Waals surface area contributed by atoms with E-state index in [-0.39, 0.29) is 0 Å². The number of hydrogen-bond donors (Lipinski definition) is 3. The van der Waals surface area contributed by atoms with E-state index in [0.29, 0.717) is 6.07 Å². The molecule has 0 spiro atoms. The zero-order valence-electron chi connectivity index (χ0n) is 9.62. The molecule has 1 aromatic rings. The number of hydrazone groups is 1. The molecule has 10 heteroatoms. The van der Waals surface area contributed by atoms with Crippen LogP contribution in [0.2, 0.25) is 0 Å². The van der Waals surface area contributed by atoms with Crippen LogP contribution in [0.4, 0.5) is 23.2 Å². The zero-order chi connectivity index (χ0) is 15.3. The Hall–Kier alpha value is -2.83. The van der Waals surface area contributed by atoms with Gasteiger partial charge in [-0.3, -0.25) is 10.8 Å². The first-order chi connectivity index (χ1) is 9.23. The van der Waals surface area contributed by atoms with Gasteiger partial charge in [-0.15, -0.1) is 13.2 Å². The predicted molar refractivity (Wildman–Crippen MR) is 61.7 cm³/mol. The number of ether oxygens (including phenoxy) is 1. The van der Waals surface area contributed by atoms with Gasteiger partial charge >= 0.3 is 6.36 Å². The molecule has 0 atom stereocenters. The summed E-state index contributed by atoms with van der Waals surface area (Å²) in [5, 5.41) is 18.8. The zero-order valence-corrected chi connectivity index (χ0v) is 9.62. The van der Waals surface area contributed by atoms with Crippen LogP contribution in [-0.4, -0.2) is 17.9 Å². The minimum atomic E-state index is -4.92. The molecule has 106 valence electrons. The van der Waals surface area contributed by atoms with E-state index in [4.69, 9.17) is 16.4 Å². The summed E-state index contributed by atoms with van der Waals surface area (Å²) >= 11 is 0. The number of hydrogen-bond acceptors (Lipinski definition) is 5. The molecular weight excluding hydrogens is 282 g/mol. The van der Waals surface area contributed by atoms with E-state index in [1.54, 1.807) is 0 Å². The molecule has 0 aliphatic heterocycles. The summed E-state index contributed by atoms with van der Waals surface area (Å²) in [6.45, 7) is 0. The maximum Gasteiger partial charge on any atom is 0.573 e. The van der Waals surface area contributed by atoms with Gasteiger partial charge < -0.3 is 10.5 Å². The van der Waals surface area contributed by atoms with Gasteiger partial charge in [0.15, 0.2) is 5.84 Å². The van der Waals surface area contributed by atoms with E-state index >= 15 is 0 Å². The minimum Gasteiger partial charge on any atom is -0.406 e. The van der Waals surface area contributed by atoms with Gasteiger partial charge in [0, 0.05) is 6.07 Å². The largest absolute Gasteiger partial charge is 0.573 e. The number of nitrogens with two attached hydrogens (primary N) is 1. The second-order valence-corrected chi connectivity index (χ2v) is 3.29. The number of nitrogens with one attached hydrogen (secondary N) is 2. The summed E-state index contributed by atoms with van der Waals surface area (Å²) in [7, 11) is 0. The highest BCUT2D eigenvalue weighted by atomic mass is 19.4. The highest BCUT2D eigenvalue weighted by molar-refractivity contribution is 6.45. The van der Waals surface area contributed by atoms with Gasteiger partial charge in [0.1, 0.15) is 17.6 Å². The molecule has 0 bridgehead atoms. The SMILES string of the molecule is N#C/C(=N\Nc1cc(OC(F)(F)F)ccc1F)C(=N)N. The molecule has 0 radical (unpaired) electrons. The van der Waals surface area contributed by atoms with E-state index in [1.807, 2.05) is 5.43 Å². The number of halogens is 4. The molecule has 0 unspecified atom stereocenters. The summed E-state index contributed by atoms with van der Waals surface area (Å²) in [5.74, 6) is -2.27. The van der Waals surface area contributed by atoms with Gasteiger partial charge in [0.05, 0.1) is 5.69 Å². The summed E-state index contributed by atoms with van der Waals surface area (Å²) in [4.78, 5) is 0. The first-order valence-corrected chi connectivity index (χ1v) is 4.86. The average Bonchev–Trinajstić information content (AvgIpc) is 2.31. The van der Waals surface area contributed by atoms with E-state index in [9.17, 15) is 17.6 Å². The standard InChI is InChI=1S/C10H7F4N5O/c11-6-2-1-5(20-10(12,13)14)3-7(6)18-19-8(4-15)9(16)17/h1-3,18H,(H3,16,17)/b19-8+. The maximum atomic E-state index is 13.3. The molecule has 0 heterocycles. The summed E-state index contributed by atoms with van der Waals surface area (Å²) in [6.07, 6.45) is -4.92. The Balaban J connectivity index is 2.99. The van der Waals surface area contributed by atoms with Crippen molar-refractivity contribution in [2.24, 2.45) is 10.8 Å². The smallest absolute Gasteiger partial charge is 0.406 e. The van der Waals surface area contributed by atoms with Crippen LogP contribution in [0.1, 0.15) is 0 Å². The van der Waals surface area contributed by atoms with Crippen molar-refractivity contribution >= 4 is 17.2 Å². The van der Waals surface area contributed by atoms with Crippen molar-refractivity contribution < 1.29 is 22.3 Å². The third-order valence-electron chi connectivity index (χ3n) is 1.82. The Morgan fingerprint density at radius 3 is 2.60 bits per heavy atom. The highest BCUT2D eigenvalue weighted by Crippen LogP contribution is 2.26. The van der Waals surface area contributed by atoms with Gasteiger partial charge in [-0.05, 0) is 12.1 Å². The number of alkyl halides is 3. The van der Waals surface area contributed by atoms with Crippen LogP contribution in [0.25, 0.3) is 0 Å². The molecular formula is C10H7F4N5O. The third-order valence-corrected chi connectivity index (χ3v) is 1.82. The number of anilines is 1. The van der Waals surface area contributed by atoms with Crippen molar-refractivity contribution in [3.8, 4) is 11.8 Å². The first-order valence-electron chi connectivity index (χ1n) is 4.86. The Labute approximate surface area is 110 Å². The van der Waals surface area contributed by atoms with Gasteiger partial charge in [0.25, 0.3) is 0 Å². The fourth-order valence-corrected chi connectivity index (χ4v) is 1.05. The Kier molecular flexibility index (Phi) is 4.47. The van der Waals surface area contributed by atoms with Crippen LogP contribution in [0.15, 0.2) is 23.3 Å². The quantitative estimate of drug-likeness (QED) is 0.341. The lowest BCUT2D eigenvalue weighted by atomic mass is 10.3. The number of amidine groups is 1. The fraction of sp³-hybridized carbons (Fsp3) is 0.100. The van der Waals surface area contributed by atoms with Crippen LogP contribution in [0.5, 0.6) is 5.75 Å². The van der Waals surface area contributed by atoms with Crippen LogP contribution >= 0.6 is 0 Å². The van der Waals surface area contributed by atoms with Crippen molar-refractivity contribution in [2.75, 3.05) is 5.43 Å². The molecule has 0 amide bonds. The first kappa shape index (κ1) is 15.2. The normalized spacial score (nSPS) is 11.7. The van der Waals surface area contributed by atoms with E-state index in [2.05, 4.69) is 9.84 Å². The molecule has 0 fully saturated rings. The van der Waals surface area contributed by atoms with Crippen LogP contribution in [0, 0.1) is 22.6 Å². The van der Waals surface area contributed by atoms with Gasteiger partial charge in [-0.2, -0.15) is 10.4 Å². The van der Waals surface area contributed by atoms with Crippen molar-refractivity contribution in [1.82, 2.24) is 0 Å². The van der Waals surface area contributed by atoms with E-state index in [0.717, 1.165) is 12.1 Å². The Morgan fingerprint density at radius 2 is 2.10 bits per heavy atom. The maximum absolute atomic E-state index is 13.3. The van der Waals surface area contributed by atoms with E-state index in [1.165, 1.54) is 6.07 Å². The van der Waals surface area contributed by atoms with Crippen LogP contribution in [-0.2, 0) is 0 Å². The molecule has 20 heavy (non-hydrogen) atoms. The van der Waals surface area contributed by atoms with Crippen molar-refractivity contribution in [2.45, 2.75) is 6.36 Å². The molecule has 4 N–H and O–H groups in total. The molecule has 0 aliphatic rings. The summed E-state index contributed by atoms with van der Waals surface area (Å²) < 4.78 is 52.9. The molecule has 0 aromatic heterocycles. The van der Waals surface area contributed by atoms with Crippen molar-refractivity contribution in [1.29, 1.82) is 10.7 Å². The third kappa shape index (κ3) is 4.45. The number of benzene rings is 1. The van der Waals surface area contributed by atoms with Gasteiger partial charge in [-0.1, -0.05) is 0 Å². The molecule has 0 saturated carbocycles. The number of nitriles is 1. The Morgan fingerprint density at radius 1 is 1.45 bits per heavy atom. The van der Waals surface area contributed by atoms with Crippen LogP contribution in [0.3, 0.4) is 0 Å². The highest BCUT2D eigenvalue weighted by Gasteiger charge is 2.31. The van der Waals surface area contributed by atoms with Gasteiger partial charge in [-0.25, -0.2) is 4.39 Å². The topological polar surface area (TPSA) is 107 Å². The monoisotopic (exact) mass is 289 g/mol. The predicted octanol–water partition coefficient (Wildman–Crippen LogP) is 1.95. The lowest BCUT2D eigenvalue weighted by Gasteiger charge is -2.10. The summed E-state index contributed by atoms with van der Waals surface area (Å²) in [5.41, 5.74) is 5.96. The summed E-state index contributed by atoms with van der Waals surface area (Å²) in [6, 6.07) is 3.64. The minimum absolute atomic E-state index is 0.472. The second kappa shape index (κ2) is 5.87. The van der Waals surface area contributed by atoms with Crippen molar-refractivity contribution in [3.63, 3.8) is 0 Å². The fourth-order valence-electron chi connectivity index (χ4n) is 1.05. The molecule has 0 aliphatic carbocycles. The van der Waals surface area contributed by atoms with E-state index < -0.39 is 35.2 Å². The second-order valence-electron chi connectivity index (χ2n) is 3.29.